The molecule has 0 aliphatic heterocycles. The van der Waals surface area contributed by atoms with Gasteiger partial charge in [-0.15, -0.1) is 0 Å². The Kier molecular flexibility index (Phi) is 5.68. The van der Waals surface area contributed by atoms with Crippen molar-refractivity contribution >= 4 is 33.3 Å². The molecule has 0 saturated carbocycles. The lowest BCUT2D eigenvalue weighted by molar-refractivity contribution is -0.116. The second kappa shape index (κ2) is 8.57. The molecule has 0 spiro atoms. The van der Waals surface area contributed by atoms with Crippen LogP contribution in [0.25, 0.3) is 21.5 Å². The molecule has 2 aromatic heterocycles. The Morgan fingerprint density at radius 3 is 2.68 bits per heavy atom. The van der Waals surface area contributed by atoms with Crippen LogP contribution in [0.2, 0.25) is 0 Å². The fraction of sp³-hybridized carbons (Fsp3) is 0.182. The lowest BCUT2D eigenvalue weighted by atomic mass is 10.1. The summed E-state index contributed by atoms with van der Waals surface area (Å²) in [6.45, 7) is 1.82. The predicted molar refractivity (Wildman–Crippen MR) is 120 cm³/mol. The maximum Gasteiger partial charge on any atom is 0.273 e. The minimum Gasteiger partial charge on any atom is -0.493 e. The summed E-state index contributed by atoms with van der Waals surface area (Å²) in [6, 6.07) is 12.9. The first-order valence-electron chi connectivity index (χ1n) is 9.44. The summed E-state index contributed by atoms with van der Waals surface area (Å²) in [5, 5.41) is 2.75. The Balaban J connectivity index is 1.57. The van der Waals surface area contributed by atoms with Crippen molar-refractivity contribution in [2.45, 2.75) is 13.5 Å². The molecule has 0 fully saturated rings. The van der Waals surface area contributed by atoms with Crippen LogP contribution in [-0.4, -0.2) is 34.1 Å². The molecule has 0 unspecified atom stereocenters. The van der Waals surface area contributed by atoms with Crippen LogP contribution < -0.4 is 20.3 Å². The molecule has 0 aliphatic carbocycles. The second-order valence-corrected chi connectivity index (χ2v) is 7.65. The number of rotatable bonds is 6. The standard InChI is InChI=1S/C22H20N4O4S/c1-13-5-4-6-14(9-13)19-20-21(31-25-19)22(28)26(12-23-20)11-18(27)24-15-7-8-16(29-2)17(10-15)30-3/h4-10,12H,11H2,1-3H3,(H,24,27). The van der Waals surface area contributed by atoms with Crippen molar-refractivity contribution in [3.8, 4) is 22.8 Å². The highest BCUT2D eigenvalue weighted by atomic mass is 32.1. The Morgan fingerprint density at radius 2 is 1.94 bits per heavy atom. The molecule has 31 heavy (non-hydrogen) atoms. The normalized spacial score (nSPS) is 10.8. The maximum absolute atomic E-state index is 12.9. The number of aromatic nitrogens is 3. The molecule has 0 saturated heterocycles. The van der Waals surface area contributed by atoms with Gasteiger partial charge in [0.15, 0.2) is 11.5 Å². The molecule has 0 radical (unpaired) electrons. The maximum atomic E-state index is 12.9. The van der Waals surface area contributed by atoms with Crippen molar-refractivity contribution in [2.24, 2.45) is 0 Å². The summed E-state index contributed by atoms with van der Waals surface area (Å²) >= 11 is 1.09. The largest absolute Gasteiger partial charge is 0.493 e. The van der Waals surface area contributed by atoms with E-state index in [0.717, 1.165) is 22.7 Å². The average Bonchev–Trinajstić information content (AvgIpc) is 3.20. The van der Waals surface area contributed by atoms with Gasteiger partial charge >= 0.3 is 0 Å². The zero-order valence-electron chi connectivity index (χ0n) is 17.2. The summed E-state index contributed by atoms with van der Waals surface area (Å²) < 4.78 is 16.6. The number of nitrogens with zero attached hydrogens (tertiary/aromatic N) is 3. The molecular weight excluding hydrogens is 416 g/mol. The Bertz CT molecular complexity index is 1330. The molecule has 1 amide bonds. The minimum atomic E-state index is -0.362. The SMILES string of the molecule is COc1ccc(NC(=O)Cn2cnc3c(-c4cccc(C)c4)nsc3c2=O)cc1OC. The van der Waals surface area contributed by atoms with E-state index in [1.54, 1.807) is 18.2 Å². The third-order valence-electron chi connectivity index (χ3n) is 4.72. The van der Waals surface area contributed by atoms with E-state index in [1.807, 2.05) is 31.2 Å². The van der Waals surface area contributed by atoms with Gasteiger partial charge in [0, 0.05) is 17.3 Å². The molecule has 0 bridgehead atoms. The third kappa shape index (κ3) is 4.13. The summed E-state index contributed by atoms with van der Waals surface area (Å²) in [4.78, 5) is 29.8. The van der Waals surface area contributed by atoms with Crippen molar-refractivity contribution in [2.75, 3.05) is 19.5 Å². The topological polar surface area (TPSA) is 95.3 Å². The quantitative estimate of drug-likeness (QED) is 0.497. The summed E-state index contributed by atoms with van der Waals surface area (Å²) in [7, 11) is 3.06. The fourth-order valence-electron chi connectivity index (χ4n) is 3.22. The molecule has 2 aromatic carbocycles. The van der Waals surface area contributed by atoms with Crippen molar-refractivity contribution in [1.29, 1.82) is 0 Å². The average molecular weight is 436 g/mol. The number of carbonyl (C=O) groups is 1. The Morgan fingerprint density at radius 1 is 1.13 bits per heavy atom. The molecule has 4 rings (SSSR count). The number of aryl methyl sites for hydroxylation is 1. The van der Waals surface area contributed by atoms with Gasteiger partial charge in [-0.3, -0.25) is 14.2 Å². The van der Waals surface area contributed by atoms with E-state index in [0.29, 0.717) is 33.1 Å². The smallest absolute Gasteiger partial charge is 0.273 e. The number of methoxy groups -OCH3 is 2. The zero-order chi connectivity index (χ0) is 22.0. The second-order valence-electron chi connectivity index (χ2n) is 6.87. The van der Waals surface area contributed by atoms with Crippen molar-refractivity contribution in [1.82, 2.24) is 13.9 Å². The number of hydrogen-bond donors (Lipinski definition) is 1. The number of hydrogen-bond acceptors (Lipinski definition) is 7. The lowest BCUT2D eigenvalue weighted by Gasteiger charge is -2.11. The molecule has 4 aromatic rings. The number of ether oxygens (including phenoxy) is 2. The summed E-state index contributed by atoms with van der Waals surface area (Å²) in [5.41, 5.74) is 3.44. The van der Waals surface area contributed by atoms with E-state index in [9.17, 15) is 9.59 Å². The Labute approximate surface area is 182 Å². The fourth-order valence-corrected chi connectivity index (χ4v) is 4.02. The summed E-state index contributed by atoms with van der Waals surface area (Å²) in [5.74, 6) is 0.689. The van der Waals surface area contributed by atoms with Gasteiger partial charge in [-0.05, 0) is 36.7 Å². The molecule has 158 valence electrons. The van der Waals surface area contributed by atoms with Crippen molar-refractivity contribution in [3.63, 3.8) is 0 Å². The number of amides is 1. The number of benzene rings is 2. The first-order chi connectivity index (χ1) is 15.0. The highest BCUT2D eigenvalue weighted by Gasteiger charge is 2.16. The van der Waals surface area contributed by atoms with Gasteiger partial charge in [-0.25, -0.2) is 4.98 Å². The highest BCUT2D eigenvalue weighted by Crippen LogP contribution is 2.30. The van der Waals surface area contributed by atoms with Crippen LogP contribution >= 0.6 is 11.5 Å². The van der Waals surface area contributed by atoms with E-state index >= 15 is 0 Å². The Hall–Kier alpha value is -3.72. The number of nitrogens with one attached hydrogen (secondary N) is 1. The molecule has 9 heteroatoms. The van der Waals surface area contributed by atoms with E-state index in [1.165, 1.54) is 25.1 Å². The molecule has 0 aliphatic rings. The van der Waals surface area contributed by atoms with Crippen LogP contribution in [-0.2, 0) is 11.3 Å². The predicted octanol–water partition coefficient (Wildman–Crippen LogP) is 3.48. The monoisotopic (exact) mass is 436 g/mol. The third-order valence-corrected chi connectivity index (χ3v) is 5.55. The van der Waals surface area contributed by atoms with Crippen LogP contribution in [0.3, 0.4) is 0 Å². The van der Waals surface area contributed by atoms with Crippen molar-refractivity contribution < 1.29 is 14.3 Å². The molecular formula is C22H20N4O4S. The molecule has 2 heterocycles. The first kappa shape index (κ1) is 20.5. The van der Waals surface area contributed by atoms with E-state index in [4.69, 9.17) is 9.47 Å². The molecule has 1 N–H and O–H groups in total. The first-order valence-corrected chi connectivity index (χ1v) is 10.2. The lowest BCUT2D eigenvalue weighted by Crippen LogP contribution is -2.27. The van der Waals surface area contributed by atoms with E-state index < -0.39 is 0 Å². The van der Waals surface area contributed by atoms with Crippen LogP contribution in [0.15, 0.2) is 53.6 Å². The van der Waals surface area contributed by atoms with Gasteiger partial charge in [0.25, 0.3) is 5.56 Å². The van der Waals surface area contributed by atoms with E-state index in [-0.39, 0.29) is 18.0 Å². The molecule has 0 atom stereocenters. The van der Waals surface area contributed by atoms with Crippen molar-refractivity contribution in [3.05, 3.63) is 64.7 Å². The van der Waals surface area contributed by atoms with E-state index in [2.05, 4.69) is 14.7 Å². The van der Waals surface area contributed by atoms with Gasteiger partial charge in [0.05, 0.1) is 20.5 Å². The number of fused-ring (bicyclic) bond motifs is 1. The number of anilines is 1. The van der Waals surface area contributed by atoms with Crippen LogP contribution in [0, 0.1) is 6.92 Å². The minimum absolute atomic E-state index is 0.173. The zero-order valence-corrected chi connectivity index (χ0v) is 18.0. The number of carbonyl (C=O) groups excluding carboxylic acids is 1. The van der Waals surface area contributed by atoms with Crippen LogP contribution in [0.1, 0.15) is 5.56 Å². The summed E-state index contributed by atoms with van der Waals surface area (Å²) in [6.07, 6.45) is 1.38. The van der Waals surface area contributed by atoms with Gasteiger partial charge < -0.3 is 14.8 Å². The van der Waals surface area contributed by atoms with Gasteiger partial charge in [-0.1, -0.05) is 23.8 Å². The van der Waals surface area contributed by atoms with Crippen LogP contribution in [0.4, 0.5) is 5.69 Å². The van der Waals surface area contributed by atoms with Gasteiger partial charge in [0.1, 0.15) is 22.5 Å². The van der Waals surface area contributed by atoms with Gasteiger partial charge in [0.2, 0.25) is 5.91 Å². The molecule has 8 nitrogen and oxygen atoms in total. The highest BCUT2D eigenvalue weighted by molar-refractivity contribution is 7.13. The van der Waals surface area contributed by atoms with Gasteiger partial charge in [-0.2, -0.15) is 4.37 Å². The van der Waals surface area contributed by atoms with Crippen LogP contribution in [0.5, 0.6) is 11.5 Å².